The van der Waals surface area contributed by atoms with Gasteiger partial charge >= 0.3 is 0 Å². The monoisotopic (exact) mass is 526 g/mol. The summed E-state index contributed by atoms with van der Waals surface area (Å²) in [5, 5.41) is 3.86. The topological polar surface area (TPSA) is 101 Å². The van der Waals surface area contributed by atoms with E-state index in [-0.39, 0.29) is 33.2 Å². The van der Waals surface area contributed by atoms with Gasteiger partial charge in [-0.15, -0.1) is 0 Å². The summed E-state index contributed by atoms with van der Waals surface area (Å²) < 4.78 is 36.7. The zero-order valence-corrected chi connectivity index (χ0v) is 19.9. The van der Waals surface area contributed by atoms with E-state index in [0.717, 1.165) is 11.7 Å². The molecule has 0 aliphatic rings. The highest BCUT2D eigenvalue weighted by Gasteiger charge is 2.23. The summed E-state index contributed by atoms with van der Waals surface area (Å²) in [5.41, 5.74) is 1.48. The Hall–Kier alpha value is -2.43. The minimum absolute atomic E-state index is 0.0254. The van der Waals surface area contributed by atoms with Crippen LogP contribution in [0.1, 0.15) is 15.9 Å². The SMILES string of the molecule is O=C(NCc1ccc(Cl)cc1Cl)c1ccc(Cl)cc1NS(=O)(=O)c1cccc2nsnc12. The highest BCUT2D eigenvalue weighted by Crippen LogP contribution is 2.27. The minimum Gasteiger partial charge on any atom is -0.348 e. The molecule has 0 aliphatic heterocycles. The standard InChI is InChI=1S/C20H13Cl3N4O3S2/c21-12-5-4-11(15(23)8-12)10-24-20(28)14-7-6-13(22)9-17(14)27-32(29,30)18-3-1-2-16-19(18)26-31-25-16/h1-9,27H,10H2,(H,24,28). The quantitative estimate of drug-likeness (QED) is 0.350. The molecule has 0 saturated heterocycles. The average Bonchev–Trinajstić information content (AvgIpc) is 3.21. The minimum atomic E-state index is -4.08. The summed E-state index contributed by atoms with van der Waals surface area (Å²) >= 11 is 19.0. The Balaban J connectivity index is 1.62. The van der Waals surface area contributed by atoms with Crippen molar-refractivity contribution in [2.75, 3.05) is 4.72 Å². The molecule has 1 amide bonds. The van der Waals surface area contributed by atoms with E-state index in [1.807, 2.05) is 0 Å². The molecule has 7 nitrogen and oxygen atoms in total. The lowest BCUT2D eigenvalue weighted by molar-refractivity contribution is 0.0952. The Bertz CT molecular complexity index is 1440. The van der Waals surface area contributed by atoms with Crippen LogP contribution in [0.25, 0.3) is 11.0 Å². The number of aromatic nitrogens is 2. The molecule has 1 aromatic heterocycles. The first-order valence-corrected chi connectivity index (χ1v) is 12.3. The number of hydrogen-bond donors (Lipinski definition) is 2. The fraction of sp³-hybridized carbons (Fsp3) is 0.0500. The van der Waals surface area contributed by atoms with Crippen LogP contribution in [0.15, 0.2) is 59.5 Å². The van der Waals surface area contributed by atoms with Crippen molar-refractivity contribution in [2.45, 2.75) is 11.4 Å². The van der Waals surface area contributed by atoms with Crippen molar-refractivity contribution in [3.8, 4) is 0 Å². The fourth-order valence-electron chi connectivity index (χ4n) is 2.93. The third-order valence-electron chi connectivity index (χ3n) is 4.46. The molecule has 1 heterocycles. The molecule has 4 rings (SSSR count). The molecular weight excluding hydrogens is 515 g/mol. The Morgan fingerprint density at radius 3 is 2.50 bits per heavy atom. The normalized spacial score (nSPS) is 11.5. The van der Waals surface area contributed by atoms with Crippen molar-refractivity contribution < 1.29 is 13.2 Å². The number of amides is 1. The van der Waals surface area contributed by atoms with Crippen LogP contribution in [0.3, 0.4) is 0 Å². The van der Waals surface area contributed by atoms with Crippen LogP contribution >= 0.6 is 46.5 Å². The van der Waals surface area contributed by atoms with Gasteiger partial charge in [-0.2, -0.15) is 8.75 Å². The van der Waals surface area contributed by atoms with Gasteiger partial charge < -0.3 is 5.32 Å². The number of nitrogens with zero attached hydrogens (tertiary/aromatic N) is 2. The number of halogens is 3. The number of nitrogens with one attached hydrogen (secondary N) is 2. The predicted octanol–water partition coefficient (Wildman–Crippen LogP) is 5.38. The molecule has 0 fully saturated rings. The van der Waals surface area contributed by atoms with E-state index < -0.39 is 15.9 Å². The molecule has 0 atom stereocenters. The van der Waals surface area contributed by atoms with E-state index in [1.165, 1.54) is 24.3 Å². The second-order valence-electron chi connectivity index (χ2n) is 6.60. The summed E-state index contributed by atoms with van der Waals surface area (Å²) in [5.74, 6) is -0.515. The Kier molecular flexibility index (Phi) is 6.55. The largest absolute Gasteiger partial charge is 0.348 e. The van der Waals surface area contributed by atoms with Gasteiger partial charge in [0.15, 0.2) is 0 Å². The van der Waals surface area contributed by atoms with Crippen molar-refractivity contribution in [3.05, 3.63) is 80.8 Å². The van der Waals surface area contributed by atoms with Crippen LogP contribution in [-0.4, -0.2) is 23.1 Å². The molecular formula is C20H13Cl3N4O3S2. The Labute approximate surface area is 202 Å². The first-order chi connectivity index (χ1) is 15.2. The van der Waals surface area contributed by atoms with Gasteiger partial charge in [0.1, 0.15) is 15.9 Å². The van der Waals surface area contributed by atoms with Crippen LogP contribution in [0.4, 0.5) is 5.69 Å². The molecule has 0 radical (unpaired) electrons. The zero-order valence-electron chi connectivity index (χ0n) is 16.0. The first-order valence-electron chi connectivity index (χ1n) is 9.00. The Morgan fingerprint density at radius 1 is 0.969 bits per heavy atom. The molecule has 164 valence electrons. The zero-order chi connectivity index (χ0) is 22.9. The lowest BCUT2D eigenvalue weighted by atomic mass is 10.1. The van der Waals surface area contributed by atoms with E-state index in [9.17, 15) is 13.2 Å². The van der Waals surface area contributed by atoms with Gasteiger partial charge in [-0.3, -0.25) is 9.52 Å². The molecule has 0 saturated carbocycles. The summed E-state index contributed by atoms with van der Waals surface area (Å²) in [6.45, 7) is 0.119. The van der Waals surface area contributed by atoms with Crippen LogP contribution in [0.2, 0.25) is 15.1 Å². The molecule has 32 heavy (non-hydrogen) atoms. The average molecular weight is 528 g/mol. The number of carbonyl (C=O) groups excluding carboxylic acids is 1. The molecule has 0 bridgehead atoms. The number of fused-ring (bicyclic) bond motifs is 1. The highest BCUT2D eigenvalue weighted by atomic mass is 35.5. The number of hydrogen-bond acceptors (Lipinski definition) is 6. The highest BCUT2D eigenvalue weighted by molar-refractivity contribution is 7.93. The number of carbonyl (C=O) groups is 1. The van der Waals surface area contributed by atoms with Crippen LogP contribution in [-0.2, 0) is 16.6 Å². The van der Waals surface area contributed by atoms with E-state index in [4.69, 9.17) is 34.8 Å². The lowest BCUT2D eigenvalue weighted by Gasteiger charge is -2.14. The van der Waals surface area contributed by atoms with Gasteiger partial charge in [0.05, 0.1) is 23.0 Å². The van der Waals surface area contributed by atoms with Crippen LogP contribution < -0.4 is 10.0 Å². The second kappa shape index (κ2) is 9.21. The maximum atomic E-state index is 13.1. The van der Waals surface area contributed by atoms with Crippen LogP contribution in [0.5, 0.6) is 0 Å². The summed E-state index contributed by atoms with van der Waals surface area (Å²) in [4.78, 5) is 12.8. The molecule has 3 aromatic carbocycles. The van der Waals surface area contributed by atoms with Gasteiger partial charge in [0.25, 0.3) is 15.9 Å². The fourth-order valence-corrected chi connectivity index (χ4v) is 5.42. The van der Waals surface area contributed by atoms with Gasteiger partial charge in [-0.1, -0.05) is 46.9 Å². The molecule has 12 heteroatoms. The maximum absolute atomic E-state index is 13.1. The van der Waals surface area contributed by atoms with Gasteiger partial charge in [-0.05, 0) is 48.0 Å². The summed E-state index contributed by atoms with van der Waals surface area (Å²) in [6, 6.07) is 13.9. The number of rotatable bonds is 6. The van der Waals surface area contributed by atoms with Crippen molar-refractivity contribution in [3.63, 3.8) is 0 Å². The van der Waals surface area contributed by atoms with E-state index in [2.05, 4.69) is 18.8 Å². The molecule has 4 aromatic rings. The molecule has 0 aliphatic carbocycles. The number of benzene rings is 3. The van der Waals surface area contributed by atoms with Crippen molar-refractivity contribution in [1.29, 1.82) is 0 Å². The summed E-state index contributed by atoms with van der Waals surface area (Å²) in [7, 11) is -4.08. The molecule has 2 N–H and O–H groups in total. The van der Waals surface area contributed by atoms with E-state index >= 15 is 0 Å². The summed E-state index contributed by atoms with van der Waals surface area (Å²) in [6.07, 6.45) is 0. The first kappa shape index (κ1) is 22.8. The maximum Gasteiger partial charge on any atom is 0.264 e. The van der Waals surface area contributed by atoms with E-state index in [1.54, 1.807) is 30.3 Å². The van der Waals surface area contributed by atoms with Crippen molar-refractivity contribution in [1.82, 2.24) is 14.1 Å². The van der Waals surface area contributed by atoms with Gasteiger partial charge in [0.2, 0.25) is 0 Å². The van der Waals surface area contributed by atoms with Crippen molar-refractivity contribution in [2.24, 2.45) is 0 Å². The predicted molar refractivity (Wildman–Crippen MR) is 127 cm³/mol. The molecule has 0 spiro atoms. The van der Waals surface area contributed by atoms with Gasteiger partial charge in [-0.25, -0.2) is 8.42 Å². The third kappa shape index (κ3) is 4.82. The Morgan fingerprint density at radius 2 is 1.72 bits per heavy atom. The smallest absolute Gasteiger partial charge is 0.264 e. The van der Waals surface area contributed by atoms with Gasteiger partial charge in [0, 0.05) is 21.6 Å². The lowest BCUT2D eigenvalue weighted by Crippen LogP contribution is -2.25. The van der Waals surface area contributed by atoms with Crippen molar-refractivity contribution >= 4 is 79.2 Å². The van der Waals surface area contributed by atoms with Crippen LogP contribution in [0, 0.1) is 0 Å². The second-order valence-corrected chi connectivity index (χ2v) is 10.1. The third-order valence-corrected chi connectivity index (χ3v) is 7.23. The number of sulfonamides is 1. The molecule has 0 unspecified atom stereocenters. The van der Waals surface area contributed by atoms with E-state index in [0.29, 0.717) is 21.1 Å². The number of anilines is 1.